The van der Waals surface area contributed by atoms with Crippen molar-refractivity contribution in [1.82, 2.24) is 9.38 Å². The first-order chi connectivity index (χ1) is 10.1. The van der Waals surface area contributed by atoms with Crippen LogP contribution in [-0.2, 0) is 0 Å². The third-order valence-corrected chi connectivity index (χ3v) is 3.33. The van der Waals surface area contributed by atoms with Crippen molar-refractivity contribution in [2.45, 2.75) is 0 Å². The molecule has 0 saturated heterocycles. The highest BCUT2D eigenvalue weighted by Gasteiger charge is 2.21. The minimum absolute atomic E-state index is 0.0297. The van der Waals surface area contributed by atoms with Crippen molar-refractivity contribution < 1.29 is 14.6 Å². The molecule has 0 radical (unpaired) electrons. The Labute approximate surface area is 129 Å². The molecular weight excluding hydrogens is 315 g/mol. The highest BCUT2D eigenvalue weighted by molar-refractivity contribution is 6.35. The number of carbonyl (C=O) groups is 1. The molecule has 5 nitrogen and oxygen atoms in total. The van der Waals surface area contributed by atoms with Gasteiger partial charge in [-0.1, -0.05) is 29.3 Å². The molecule has 0 aliphatic heterocycles. The van der Waals surface area contributed by atoms with Crippen LogP contribution in [0.1, 0.15) is 10.5 Å². The lowest BCUT2D eigenvalue weighted by Crippen LogP contribution is -2.03. The lowest BCUT2D eigenvalue weighted by molar-refractivity contribution is 0.0686. The Hall–Kier alpha value is -2.24. The van der Waals surface area contributed by atoms with E-state index in [0.717, 1.165) is 0 Å². The standard InChI is InChI=1S/C14H8Cl2N2O3/c15-8-4-5-10(9(16)7-8)21-13-12(14(19)20)18-6-2-1-3-11(18)17-13/h1-7H,(H,19,20). The summed E-state index contributed by atoms with van der Waals surface area (Å²) in [7, 11) is 0. The Kier molecular flexibility index (Phi) is 3.45. The number of pyridine rings is 1. The van der Waals surface area contributed by atoms with E-state index < -0.39 is 5.97 Å². The van der Waals surface area contributed by atoms with Crippen LogP contribution in [0.15, 0.2) is 42.6 Å². The van der Waals surface area contributed by atoms with Crippen LogP contribution in [0.5, 0.6) is 11.6 Å². The van der Waals surface area contributed by atoms with Gasteiger partial charge in [-0.3, -0.25) is 4.40 Å². The highest BCUT2D eigenvalue weighted by atomic mass is 35.5. The maximum absolute atomic E-state index is 11.4. The van der Waals surface area contributed by atoms with Gasteiger partial charge in [0.05, 0.1) is 5.02 Å². The van der Waals surface area contributed by atoms with E-state index in [1.165, 1.54) is 10.5 Å². The van der Waals surface area contributed by atoms with Crippen molar-refractivity contribution in [3.63, 3.8) is 0 Å². The zero-order valence-electron chi connectivity index (χ0n) is 10.5. The van der Waals surface area contributed by atoms with Crippen molar-refractivity contribution in [3.8, 4) is 11.6 Å². The maximum atomic E-state index is 11.4. The molecule has 0 aliphatic rings. The fourth-order valence-corrected chi connectivity index (χ4v) is 2.35. The molecule has 3 aromatic rings. The number of carboxylic acid groups (broad SMARTS) is 1. The quantitative estimate of drug-likeness (QED) is 0.787. The second-order valence-corrected chi connectivity index (χ2v) is 5.02. The Bertz CT molecular complexity index is 845. The van der Waals surface area contributed by atoms with Gasteiger partial charge < -0.3 is 9.84 Å². The molecule has 0 amide bonds. The number of rotatable bonds is 3. The van der Waals surface area contributed by atoms with Crippen LogP contribution in [0.25, 0.3) is 5.65 Å². The number of ether oxygens (including phenoxy) is 1. The molecule has 1 N–H and O–H groups in total. The van der Waals surface area contributed by atoms with Gasteiger partial charge in [-0.15, -0.1) is 0 Å². The van der Waals surface area contributed by atoms with E-state index in [-0.39, 0.29) is 22.3 Å². The molecule has 1 aromatic carbocycles. The molecule has 0 spiro atoms. The molecule has 0 fully saturated rings. The van der Waals surface area contributed by atoms with Crippen molar-refractivity contribution in [1.29, 1.82) is 0 Å². The summed E-state index contributed by atoms with van der Waals surface area (Å²) in [6, 6.07) is 9.81. The van der Waals surface area contributed by atoms with Gasteiger partial charge in [0.1, 0.15) is 11.4 Å². The van der Waals surface area contributed by atoms with Gasteiger partial charge in [-0.25, -0.2) is 4.79 Å². The van der Waals surface area contributed by atoms with Gasteiger partial charge in [0.2, 0.25) is 0 Å². The largest absolute Gasteiger partial charge is 0.476 e. The zero-order valence-corrected chi connectivity index (χ0v) is 12.0. The average Bonchev–Trinajstić information content (AvgIpc) is 2.80. The average molecular weight is 323 g/mol. The zero-order chi connectivity index (χ0) is 15.0. The number of fused-ring (bicyclic) bond motifs is 1. The normalized spacial score (nSPS) is 10.8. The second-order valence-electron chi connectivity index (χ2n) is 4.18. The summed E-state index contributed by atoms with van der Waals surface area (Å²) >= 11 is 11.8. The molecule has 2 aromatic heterocycles. The third kappa shape index (κ3) is 2.53. The molecule has 0 aliphatic carbocycles. The van der Waals surface area contributed by atoms with Crippen LogP contribution in [-0.4, -0.2) is 20.5 Å². The molecule has 21 heavy (non-hydrogen) atoms. The molecule has 3 rings (SSSR count). The van der Waals surface area contributed by atoms with E-state index >= 15 is 0 Å². The first-order valence-corrected chi connectivity index (χ1v) is 6.65. The number of aromatic carboxylic acids is 1. The summed E-state index contributed by atoms with van der Waals surface area (Å²) in [4.78, 5) is 15.6. The van der Waals surface area contributed by atoms with E-state index in [9.17, 15) is 9.90 Å². The molecule has 106 valence electrons. The van der Waals surface area contributed by atoms with Crippen LogP contribution in [0.2, 0.25) is 10.0 Å². The number of nitrogens with zero attached hydrogens (tertiary/aromatic N) is 2. The summed E-state index contributed by atoms with van der Waals surface area (Å²) in [6.07, 6.45) is 1.60. The van der Waals surface area contributed by atoms with E-state index in [1.54, 1.807) is 36.5 Å². The number of hydrogen-bond donors (Lipinski definition) is 1. The second kappa shape index (κ2) is 5.27. The molecule has 2 heterocycles. The number of halogens is 2. The molecule has 7 heteroatoms. The fourth-order valence-electron chi connectivity index (χ4n) is 1.90. The van der Waals surface area contributed by atoms with Crippen LogP contribution in [0, 0.1) is 0 Å². The Morgan fingerprint density at radius 3 is 2.76 bits per heavy atom. The van der Waals surface area contributed by atoms with Gasteiger partial charge in [0.25, 0.3) is 5.88 Å². The lowest BCUT2D eigenvalue weighted by atomic mass is 10.3. The molecule has 0 unspecified atom stereocenters. The maximum Gasteiger partial charge on any atom is 0.358 e. The first-order valence-electron chi connectivity index (χ1n) is 5.89. The van der Waals surface area contributed by atoms with Crippen molar-refractivity contribution in [2.75, 3.05) is 0 Å². The van der Waals surface area contributed by atoms with Crippen molar-refractivity contribution >= 4 is 34.8 Å². The molecule has 0 saturated carbocycles. The van der Waals surface area contributed by atoms with Crippen molar-refractivity contribution in [2.24, 2.45) is 0 Å². The summed E-state index contributed by atoms with van der Waals surface area (Å²) in [5.41, 5.74) is 0.395. The monoisotopic (exact) mass is 322 g/mol. The van der Waals surface area contributed by atoms with E-state index in [0.29, 0.717) is 10.7 Å². The number of benzene rings is 1. The van der Waals surface area contributed by atoms with Crippen LogP contribution < -0.4 is 4.74 Å². The summed E-state index contributed by atoms with van der Waals surface area (Å²) in [6.45, 7) is 0. The number of imidazole rings is 1. The summed E-state index contributed by atoms with van der Waals surface area (Å²) in [5, 5.41) is 10.1. The minimum Gasteiger partial charge on any atom is -0.476 e. The number of hydrogen-bond acceptors (Lipinski definition) is 3. The number of aromatic nitrogens is 2. The smallest absolute Gasteiger partial charge is 0.358 e. The van der Waals surface area contributed by atoms with Crippen LogP contribution >= 0.6 is 23.2 Å². The fraction of sp³-hybridized carbons (Fsp3) is 0. The highest BCUT2D eigenvalue weighted by Crippen LogP contribution is 2.33. The SMILES string of the molecule is O=C(O)c1c(Oc2ccc(Cl)cc2Cl)nc2ccccn12. The predicted octanol–water partition coefficient (Wildman–Crippen LogP) is 4.13. The van der Waals surface area contributed by atoms with Gasteiger partial charge in [0.15, 0.2) is 5.69 Å². The van der Waals surface area contributed by atoms with E-state index in [4.69, 9.17) is 27.9 Å². The van der Waals surface area contributed by atoms with Gasteiger partial charge >= 0.3 is 5.97 Å². The molecule has 0 bridgehead atoms. The molecule has 0 atom stereocenters. The Morgan fingerprint density at radius 1 is 1.24 bits per heavy atom. The molecular formula is C14H8Cl2N2O3. The Balaban J connectivity index is 2.12. The van der Waals surface area contributed by atoms with Gasteiger partial charge in [0, 0.05) is 11.2 Å². The first kappa shape index (κ1) is 13.7. The predicted molar refractivity (Wildman–Crippen MR) is 78.7 cm³/mol. The summed E-state index contributed by atoms with van der Waals surface area (Å²) in [5.74, 6) is -0.890. The van der Waals surface area contributed by atoms with Crippen LogP contribution in [0.3, 0.4) is 0 Å². The minimum atomic E-state index is -1.14. The van der Waals surface area contributed by atoms with E-state index in [2.05, 4.69) is 4.98 Å². The van der Waals surface area contributed by atoms with E-state index in [1.807, 2.05) is 0 Å². The third-order valence-electron chi connectivity index (χ3n) is 2.80. The van der Waals surface area contributed by atoms with Crippen molar-refractivity contribution in [3.05, 3.63) is 58.3 Å². The summed E-state index contributed by atoms with van der Waals surface area (Å²) < 4.78 is 6.97. The lowest BCUT2D eigenvalue weighted by Gasteiger charge is -2.06. The van der Waals surface area contributed by atoms with Gasteiger partial charge in [-0.05, 0) is 30.3 Å². The van der Waals surface area contributed by atoms with Gasteiger partial charge in [-0.2, -0.15) is 4.98 Å². The van der Waals surface area contributed by atoms with Crippen LogP contribution in [0.4, 0.5) is 0 Å². The Morgan fingerprint density at radius 2 is 2.05 bits per heavy atom. The topological polar surface area (TPSA) is 63.8 Å². The number of carboxylic acids is 1.